The molecule has 1 fully saturated rings. The Labute approximate surface area is 117 Å². The normalized spacial score (nSPS) is 20.9. The third kappa shape index (κ3) is 4.81. The van der Waals surface area contributed by atoms with Crippen LogP contribution in [-0.2, 0) is 14.3 Å². The van der Waals surface area contributed by atoms with Crippen molar-refractivity contribution in [3.8, 4) is 0 Å². The first-order chi connectivity index (χ1) is 9.40. The molecule has 1 rings (SSSR count). The van der Waals surface area contributed by atoms with Crippen LogP contribution in [0.4, 0.5) is 13.2 Å². The molecule has 0 amide bonds. The average molecular weight is 294 g/mol. The van der Waals surface area contributed by atoms with Crippen LogP contribution >= 0.6 is 0 Å². The summed E-state index contributed by atoms with van der Waals surface area (Å²) in [7, 11) is 2.13. The summed E-state index contributed by atoms with van der Waals surface area (Å²) in [4.78, 5) is 11.4. The topological polar surface area (TPSA) is 35.5 Å². The van der Waals surface area contributed by atoms with Gasteiger partial charge in [-0.1, -0.05) is 31.4 Å². The fourth-order valence-corrected chi connectivity index (χ4v) is 2.49. The molecule has 3 nitrogen and oxygen atoms in total. The largest absolute Gasteiger partial charge is 0.467 e. The zero-order valence-corrected chi connectivity index (χ0v) is 11.8. The summed E-state index contributed by atoms with van der Waals surface area (Å²) in [6.07, 6.45) is 1.45. The van der Waals surface area contributed by atoms with E-state index in [1.807, 2.05) is 0 Å². The molecule has 0 aromatic carbocycles. The Hall–Kier alpha value is -1.04. The van der Waals surface area contributed by atoms with Gasteiger partial charge in [0.2, 0.25) is 0 Å². The molecule has 0 unspecified atom stereocenters. The molecule has 0 spiro atoms. The minimum atomic E-state index is -4.54. The molecule has 0 bridgehead atoms. The van der Waals surface area contributed by atoms with E-state index in [0.29, 0.717) is 0 Å². The zero-order valence-electron chi connectivity index (χ0n) is 11.8. The minimum absolute atomic E-state index is 0.156. The van der Waals surface area contributed by atoms with Crippen molar-refractivity contribution in [2.24, 2.45) is 11.8 Å². The van der Waals surface area contributed by atoms with Gasteiger partial charge in [-0.2, -0.15) is 13.2 Å². The van der Waals surface area contributed by atoms with Gasteiger partial charge in [-0.15, -0.1) is 0 Å². The van der Waals surface area contributed by atoms with Gasteiger partial charge in [0.25, 0.3) is 0 Å². The van der Waals surface area contributed by atoms with E-state index in [1.165, 1.54) is 0 Å². The van der Waals surface area contributed by atoms with Crippen molar-refractivity contribution in [2.45, 2.75) is 44.4 Å². The number of alkyl halides is 3. The Morgan fingerprint density at radius 2 is 1.80 bits per heavy atom. The molecule has 20 heavy (non-hydrogen) atoms. The third-order valence-electron chi connectivity index (χ3n) is 3.63. The number of methoxy groups -OCH3 is 2. The molecule has 0 saturated heterocycles. The second kappa shape index (κ2) is 7.67. The lowest BCUT2D eigenvalue weighted by atomic mass is 9.87. The molecular weight excluding hydrogens is 273 g/mol. The molecule has 0 aliphatic heterocycles. The molecule has 2 atom stereocenters. The maximum absolute atomic E-state index is 13.1. The maximum atomic E-state index is 13.1. The van der Waals surface area contributed by atoms with E-state index in [1.54, 1.807) is 6.08 Å². The van der Waals surface area contributed by atoms with E-state index in [9.17, 15) is 18.0 Å². The Morgan fingerprint density at radius 3 is 2.25 bits per heavy atom. The second-order valence-electron chi connectivity index (χ2n) is 5.03. The van der Waals surface area contributed by atoms with E-state index in [-0.39, 0.29) is 5.92 Å². The van der Waals surface area contributed by atoms with Gasteiger partial charge in [0.05, 0.1) is 7.11 Å². The quantitative estimate of drug-likeness (QED) is 0.575. The molecule has 0 aromatic rings. The van der Waals surface area contributed by atoms with Crippen LogP contribution in [0, 0.1) is 11.8 Å². The summed E-state index contributed by atoms with van der Waals surface area (Å²) in [6.45, 7) is 0. The average Bonchev–Trinajstić information content (AvgIpc) is 2.42. The highest BCUT2D eigenvalue weighted by molar-refractivity contribution is 5.75. The van der Waals surface area contributed by atoms with Gasteiger partial charge < -0.3 is 9.47 Å². The molecule has 0 aromatic heterocycles. The van der Waals surface area contributed by atoms with Gasteiger partial charge in [-0.05, 0) is 18.8 Å². The summed E-state index contributed by atoms with van der Waals surface area (Å²) >= 11 is 0. The molecule has 1 aliphatic carbocycles. The molecule has 0 N–H and O–H groups in total. The predicted molar refractivity (Wildman–Crippen MR) is 68.1 cm³/mol. The van der Waals surface area contributed by atoms with E-state index >= 15 is 0 Å². The van der Waals surface area contributed by atoms with Crippen LogP contribution in [0.5, 0.6) is 0 Å². The first-order valence-electron chi connectivity index (χ1n) is 6.75. The Morgan fingerprint density at radius 1 is 1.20 bits per heavy atom. The van der Waals surface area contributed by atoms with Crippen molar-refractivity contribution in [1.29, 1.82) is 0 Å². The number of allylic oxidation sites excluding steroid dienone is 1. The molecule has 116 valence electrons. The number of carbonyl (C=O) groups excluding carboxylic acids is 1. The van der Waals surface area contributed by atoms with Gasteiger partial charge in [-0.25, -0.2) is 4.79 Å². The zero-order chi connectivity index (χ0) is 15.2. The van der Waals surface area contributed by atoms with E-state index in [0.717, 1.165) is 52.4 Å². The number of esters is 1. The maximum Gasteiger partial charge on any atom is 0.398 e. The first kappa shape index (κ1) is 17.0. The van der Waals surface area contributed by atoms with Gasteiger partial charge in [0.15, 0.2) is 6.10 Å². The van der Waals surface area contributed by atoms with Gasteiger partial charge in [0.1, 0.15) is 5.92 Å². The lowest BCUT2D eigenvalue weighted by Crippen LogP contribution is -2.40. The second-order valence-corrected chi connectivity index (χ2v) is 5.03. The van der Waals surface area contributed by atoms with Gasteiger partial charge in [0, 0.05) is 7.11 Å². The molecule has 6 heteroatoms. The molecule has 1 saturated carbocycles. The Bertz CT molecular complexity index is 333. The van der Waals surface area contributed by atoms with E-state index < -0.39 is 24.2 Å². The van der Waals surface area contributed by atoms with Crippen molar-refractivity contribution >= 4 is 5.97 Å². The van der Waals surface area contributed by atoms with Crippen LogP contribution in [0.3, 0.4) is 0 Å². The number of carbonyl (C=O) groups is 1. The lowest BCUT2D eigenvalue weighted by molar-refractivity contribution is -0.200. The number of halogens is 3. The minimum Gasteiger partial charge on any atom is -0.467 e. The molecule has 0 radical (unpaired) electrons. The van der Waals surface area contributed by atoms with Crippen molar-refractivity contribution in [2.75, 3.05) is 14.2 Å². The van der Waals surface area contributed by atoms with Crippen molar-refractivity contribution < 1.29 is 27.4 Å². The highest BCUT2D eigenvalue weighted by Crippen LogP contribution is 2.33. The van der Waals surface area contributed by atoms with Crippen LogP contribution in [0.1, 0.15) is 32.1 Å². The molecular formula is C14H21F3O3. The van der Waals surface area contributed by atoms with Crippen molar-refractivity contribution in [1.82, 2.24) is 0 Å². The molecule has 0 heterocycles. The number of rotatable bonds is 5. The van der Waals surface area contributed by atoms with Crippen LogP contribution in [0.25, 0.3) is 0 Å². The smallest absolute Gasteiger partial charge is 0.398 e. The van der Waals surface area contributed by atoms with E-state index in [2.05, 4.69) is 9.47 Å². The SMILES string of the molecule is COC(=O)[C@@H](OC)[C@H](/C=C/C1CCCCC1)C(F)(F)F. The van der Waals surface area contributed by atoms with Crippen LogP contribution < -0.4 is 0 Å². The highest BCUT2D eigenvalue weighted by atomic mass is 19.4. The van der Waals surface area contributed by atoms with E-state index in [4.69, 9.17) is 0 Å². The Balaban J connectivity index is 2.82. The van der Waals surface area contributed by atoms with Crippen molar-refractivity contribution in [3.63, 3.8) is 0 Å². The highest BCUT2D eigenvalue weighted by Gasteiger charge is 2.47. The fraction of sp³-hybridized carbons (Fsp3) is 0.786. The first-order valence-corrected chi connectivity index (χ1v) is 6.75. The summed E-state index contributed by atoms with van der Waals surface area (Å²) in [5, 5.41) is 0. The van der Waals surface area contributed by atoms with Crippen LogP contribution in [0.2, 0.25) is 0 Å². The third-order valence-corrected chi connectivity index (χ3v) is 3.63. The molecule has 1 aliphatic rings. The monoisotopic (exact) mass is 294 g/mol. The summed E-state index contributed by atoms with van der Waals surface area (Å²) in [5.41, 5.74) is 0. The van der Waals surface area contributed by atoms with Gasteiger partial charge >= 0.3 is 12.1 Å². The summed E-state index contributed by atoms with van der Waals surface area (Å²) < 4.78 is 48.3. The van der Waals surface area contributed by atoms with Crippen LogP contribution in [0.15, 0.2) is 12.2 Å². The lowest BCUT2D eigenvalue weighted by Gasteiger charge is -2.25. The predicted octanol–water partition coefficient (Wildman–Crippen LogP) is 3.49. The number of hydrogen-bond donors (Lipinski definition) is 0. The van der Waals surface area contributed by atoms with Gasteiger partial charge in [-0.3, -0.25) is 0 Å². The van der Waals surface area contributed by atoms with Crippen LogP contribution in [-0.4, -0.2) is 32.5 Å². The van der Waals surface area contributed by atoms with Crippen molar-refractivity contribution in [3.05, 3.63) is 12.2 Å². The Kier molecular flexibility index (Phi) is 6.52. The number of hydrogen-bond acceptors (Lipinski definition) is 3. The standard InChI is InChI=1S/C14H21F3O3/c1-19-12(13(18)20-2)11(14(15,16)17)9-8-10-6-4-3-5-7-10/h8-12H,3-7H2,1-2H3/b9-8+/t11-,12-/m0/s1. The summed E-state index contributed by atoms with van der Waals surface area (Å²) in [6, 6.07) is 0. The summed E-state index contributed by atoms with van der Waals surface area (Å²) in [5.74, 6) is -2.83. The number of ether oxygens (including phenoxy) is 2. The fourth-order valence-electron chi connectivity index (χ4n) is 2.49.